The Labute approximate surface area is 77.1 Å². The first-order valence-electron chi connectivity index (χ1n) is 4.06. The van der Waals surface area contributed by atoms with E-state index < -0.39 is 23.5 Å². The minimum absolute atomic E-state index is 0.611. The third-order valence-corrected chi connectivity index (χ3v) is 2.05. The molecule has 1 N–H and O–H groups in total. The predicted molar refractivity (Wildman–Crippen MR) is 46.3 cm³/mol. The van der Waals surface area contributed by atoms with Crippen molar-refractivity contribution in [1.29, 1.82) is 0 Å². The molecule has 0 amide bonds. The third kappa shape index (κ3) is 1.59. The summed E-state index contributed by atoms with van der Waals surface area (Å²) < 4.78 is 10.7. The van der Waals surface area contributed by atoms with E-state index in [-0.39, 0.29) is 0 Å². The molecule has 1 heterocycles. The normalized spacial score (nSPS) is 37.3. The van der Waals surface area contributed by atoms with Crippen molar-refractivity contribution < 1.29 is 19.4 Å². The van der Waals surface area contributed by atoms with Gasteiger partial charge in [-0.25, -0.2) is 4.79 Å². The van der Waals surface area contributed by atoms with Gasteiger partial charge in [0.05, 0.1) is 0 Å². The molecule has 74 valence electrons. The second kappa shape index (κ2) is 2.82. The molecule has 13 heavy (non-hydrogen) atoms. The van der Waals surface area contributed by atoms with Crippen LogP contribution in [-0.4, -0.2) is 28.6 Å². The van der Waals surface area contributed by atoms with E-state index in [1.807, 2.05) is 0 Å². The van der Waals surface area contributed by atoms with Gasteiger partial charge in [0.25, 0.3) is 0 Å². The number of ether oxygens (including phenoxy) is 2. The lowest BCUT2D eigenvalue weighted by Crippen LogP contribution is -2.44. The fourth-order valence-electron chi connectivity index (χ4n) is 1.45. The molecule has 0 bridgehead atoms. The highest BCUT2D eigenvalue weighted by Gasteiger charge is 2.54. The maximum Gasteiger partial charge on any atom is 0.338 e. The van der Waals surface area contributed by atoms with Crippen LogP contribution in [0.3, 0.4) is 0 Å². The molecule has 0 aromatic heterocycles. The van der Waals surface area contributed by atoms with Crippen molar-refractivity contribution >= 4 is 5.97 Å². The smallest absolute Gasteiger partial charge is 0.338 e. The van der Waals surface area contributed by atoms with Crippen LogP contribution in [0.5, 0.6) is 0 Å². The molecule has 0 aromatic rings. The minimum atomic E-state index is -1.33. The van der Waals surface area contributed by atoms with Gasteiger partial charge in [-0.3, -0.25) is 0 Å². The summed E-state index contributed by atoms with van der Waals surface area (Å²) in [5, 5.41) is 8.95. The standard InChI is InChI=1S/C9H14O4/c1-5-6-9(4,7(10)11)13-8(2,3)12-6/h5-6H,1H2,2-4H3,(H,10,11). The average Bonchev–Trinajstić information content (AvgIpc) is 2.22. The summed E-state index contributed by atoms with van der Waals surface area (Å²) in [4.78, 5) is 10.9. The van der Waals surface area contributed by atoms with Crippen molar-refractivity contribution in [2.45, 2.75) is 38.3 Å². The minimum Gasteiger partial charge on any atom is -0.479 e. The van der Waals surface area contributed by atoms with Gasteiger partial charge in [-0.15, -0.1) is 6.58 Å². The van der Waals surface area contributed by atoms with Crippen molar-refractivity contribution in [2.75, 3.05) is 0 Å². The summed E-state index contributed by atoms with van der Waals surface area (Å²) in [6.45, 7) is 8.36. The Kier molecular flexibility index (Phi) is 2.21. The Hall–Kier alpha value is -0.870. The Morgan fingerprint density at radius 3 is 2.38 bits per heavy atom. The van der Waals surface area contributed by atoms with Crippen LogP contribution < -0.4 is 0 Å². The summed E-state index contributed by atoms with van der Waals surface area (Å²) in [6.07, 6.45) is 0.836. The summed E-state index contributed by atoms with van der Waals surface area (Å²) in [6, 6.07) is 0. The Bertz CT molecular complexity index is 246. The number of carboxylic acids is 1. The molecule has 0 spiro atoms. The predicted octanol–water partition coefficient (Wildman–Crippen LogP) is 1.17. The maximum atomic E-state index is 10.9. The molecule has 1 aliphatic rings. The Morgan fingerprint density at radius 1 is 1.54 bits per heavy atom. The van der Waals surface area contributed by atoms with E-state index in [2.05, 4.69) is 6.58 Å². The molecule has 2 atom stereocenters. The molecule has 0 saturated carbocycles. The fourth-order valence-corrected chi connectivity index (χ4v) is 1.45. The van der Waals surface area contributed by atoms with Crippen LogP contribution in [0.2, 0.25) is 0 Å². The molecule has 0 radical (unpaired) electrons. The van der Waals surface area contributed by atoms with Gasteiger partial charge in [0.1, 0.15) is 6.10 Å². The molecule has 1 aliphatic heterocycles. The number of rotatable bonds is 2. The molecule has 1 fully saturated rings. The van der Waals surface area contributed by atoms with Crippen LogP contribution in [0.15, 0.2) is 12.7 Å². The van der Waals surface area contributed by atoms with Crippen molar-refractivity contribution in [3.63, 3.8) is 0 Å². The number of carboxylic acid groups (broad SMARTS) is 1. The van der Waals surface area contributed by atoms with Gasteiger partial charge in [0.2, 0.25) is 0 Å². The lowest BCUT2D eigenvalue weighted by atomic mass is 10.00. The van der Waals surface area contributed by atoms with Crippen LogP contribution in [0.4, 0.5) is 0 Å². The lowest BCUT2D eigenvalue weighted by molar-refractivity contribution is -0.182. The van der Waals surface area contributed by atoms with E-state index in [1.54, 1.807) is 13.8 Å². The Balaban J connectivity index is 2.98. The number of carbonyl (C=O) groups is 1. The zero-order chi connectivity index (χ0) is 10.3. The Morgan fingerprint density at radius 2 is 2.08 bits per heavy atom. The molecular formula is C9H14O4. The van der Waals surface area contributed by atoms with Gasteiger partial charge in [0, 0.05) is 0 Å². The van der Waals surface area contributed by atoms with Crippen LogP contribution in [0.25, 0.3) is 0 Å². The van der Waals surface area contributed by atoms with Crippen molar-refractivity contribution in [1.82, 2.24) is 0 Å². The topological polar surface area (TPSA) is 55.8 Å². The molecule has 4 heteroatoms. The third-order valence-electron chi connectivity index (χ3n) is 2.05. The zero-order valence-electron chi connectivity index (χ0n) is 8.03. The van der Waals surface area contributed by atoms with Crippen molar-refractivity contribution in [2.24, 2.45) is 0 Å². The summed E-state index contributed by atoms with van der Waals surface area (Å²) in [5.41, 5.74) is -1.33. The van der Waals surface area contributed by atoms with Gasteiger partial charge >= 0.3 is 5.97 Å². The van der Waals surface area contributed by atoms with Gasteiger partial charge in [-0.2, -0.15) is 0 Å². The van der Waals surface area contributed by atoms with E-state index in [9.17, 15) is 4.79 Å². The second-order valence-electron chi connectivity index (χ2n) is 3.69. The van der Waals surface area contributed by atoms with E-state index in [0.29, 0.717) is 0 Å². The quantitative estimate of drug-likeness (QED) is 0.657. The van der Waals surface area contributed by atoms with Crippen LogP contribution in [0.1, 0.15) is 20.8 Å². The molecule has 1 rings (SSSR count). The first-order valence-corrected chi connectivity index (χ1v) is 4.06. The second-order valence-corrected chi connectivity index (χ2v) is 3.69. The van der Waals surface area contributed by atoms with Crippen LogP contribution in [0, 0.1) is 0 Å². The van der Waals surface area contributed by atoms with Crippen LogP contribution >= 0.6 is 0 Å². The van der Waals surface area contributed by atoms with Gasteiger partial charge < -0.3 is 14.6 Å². The summed E-state index contributed by atoms with van der Waals surface area (Å²) in [5.74, 6) is -1.91. The highest BCUT2D eigenvalue weighted by molar-refractivity contribution is 5.78. The monoisotopic (exact) mass is 186 g/mol. The van der Waals surface area contributed by atoms with E-state index in [4.69, 9.17) is 14.6 Å². The van der Waals surface area contributed by atoms with Crippen LogP contribution in [-0.2, 0) is 14.3 Å². The number of hydrogen-bond acceptors (Lipinski definition) is 3. The highest BCUT2D eigenvalue weighted by atomic mass is 16.8. The molecular weight excluding hydrogens is 172 g/mol. The van der Waals surface area contributed by atoms with Crippen molar-refractivity contribution in [3.05, 3.63) is 12.7 Å². The first kappa shape index (κ1) is 10.2. The van der Waals surface area contributed by atoms with E-state index in [0.717, 1.165) is 0 Å². The average molecular weight is 186 g/mol. The zero-order valence-corrected chi connectivity index (χ0v) is 8.03. The molecule has 2 unspecified atom stereocenters. The summed E-state index contributed by atoms with van der Waals surface area (Å²) >= 11 is 0. The summed E-state index contributed by atoms with van der Waals surface area (Å²) in [7, 11) is 0. The highest BCUT2D eigenvalue weighted by Crippen LogP contribution is 2.36. The first-order chi connectivity index (χ1) is 5.82. The molecule has 0 aliphatic carbocycles. The van der Waals surface area contributed by atoms with E-state index in [1.165, 1.54) is 13.0 Å². The van der Waals surface area contributed by atoms with E-state index >= 15 is 0 Å². The van der Waals surface area contributed by atoms with Gasteiger partial charge in [-0.05, 0) is 20.8 Å². The van der Waals surface area contributed by atoms with Crippen molar-refractivity contribution in [3.8, 4) is 0 Å². The lowest BCUT2D eigenvalue weighted by Gasteiger charge is -2.22. The number of hydrogen-bond donors (Lipinski definition) is 1. The maximum absolute atomic E-state index is 10.9. The largest absolute Gasteiger partial charge is 0.479 e. The molecule has 1 saturated heterocycles. The van der Waals surface area contributed by atoms with Gasteiger partial charge in [-0.1, -0.05) is 6.08 Å². The number of aliphatic carboxylic acids is 1. The fraction of sp³-hybridized carbons (Fsp3) is 0.667. The van der Waals surface area contributed by atoms with Gasteiger partial charge in [0.15, 0.2) is 11.4 Å². The molecule has 0 aromatic carbocycles. The molecule has 4 nitrogen and oxygen atoms in total. The SMILES string of the molecule is C=CC1OC(C)(C)OC1(C)C(=O)O.